The molecular weight excluding hydrogens is 400 g/mol. The minimum Gasteiger partial charge on any atom is -0.457 e. The van der Waals surface area contributed by atoms with Gasteiger partial charge < -0.3 is 10.1 Å². The SMILES string of the molecule is CC(NC(=O)CN(c1ccc(Oc2ccccc2)cc1)S(C)(=O)=O)c1ccccc1. The molecule has 0 spiro atoms. The van der Waals surface area contributed by atoms with E-state index in [1.165, 1.54) is 0 Å². The van der Waals surface area contributed by atoms with Crippen molar-refractivity contribution in [1.82, 2.24) is 5.32 Å². The largest absolute Gasteiger partial charge is 0.457 e. The second-order valence-electron chi connectivity index (χ2n) is 6.88. The number of anilines is 1. The van der Waals surface area contributed by atoms with Crippen LogP contribution in [-0.4, -0.2) is 27.1 Å². The van der Waals surface area contributed by atoms with Gasteiger partial charge in [-0.05, 0) is 48.9 Å². The average Bonchev–Trinajstić information content (AvgIpc) is 2.73. The smallest absolute Gasteiger partial charge is 0.241 e. The van der Waals surface area contributed by atoms with Crippen LogP contribution in [0.25, 0.3) is 0 Å². The molecule has 1 atom stereocenters. The summed E-state index contributed by atoms with van der Waals surface area (Å²) in [6.45, 7) is 1.54. The van der Waals surface area contributed by atoms with Crippen LogP contribution in [0.3, 0.4) is 0 Å². The molecule has 30 heavy (non-hydrogen) atoms. The highest BCUT2D eigenvalue weighted by molar-refractivity contribution is 7.92. The Balaban J connectivity index is 1.70. The summed E-state index contributed by atoms with van der Waals surface area (Å²) in [5.74, 6) is 0.862. The van der Waals surface area contributed by atoms with Crippen molar-refractivity contribution in [3.63, 3.8) is 0 Å². The van der Waals surface area contributed by atoms with Crippen molar-refractivity contribution < 1.29 is 17.9 Å². The van der Waals surface area contributed by atoms with Crippen LogP contribution < -0.4 is 14.4 Å². The van der Waals surface area contributed by atoms with Crippen molar-refractivity contribution in [2.75, 3.05) is 17.1 Å². The molecule has 0 aliphatic heterocycles. The van der Waals surface area contributed by atoms with Gasteiger partial charge in [-0.1, -0.05) is 48.5 Å². The number of para-hydroxylation sites is 1. The maximum Gasteiger partial charge on any atom is 0.241 e. The minimum atomic E-state index is -3.65. The second kappa shape index (κ2) is 9.45. The van der Waals surface area contributed by atoms with E-state index in [4.69, 9.17) is 4.74 Å². The molecule has 156 valence electrons. The van der Waals surface area contributed by atoms with E-state index in [0.717, 1.165) is 16.1 Å². The van der Waals surface area contributed by atoms with Crippen LogP contribution in [0, 0.1) is 0 Å². The van der Waals surface area contributed by atoms with Crippen molar-refractivity contribution in [3.8, 4) is 11.5 Å². The van der Waals surface area contributed by atoms with E-state index in [9.17, 15) is 13.2 Å². The zero-order chi connectivity index (χ0) is 21.6. The summed E-state index contributed by atoms with van der Waals surface area (Å²) in [6, 6.07) is 25.1. The van der Waals surface area contributed by atoms with Gasteiger partial charge in [0.25, 0.3) is 0 Å². The lowest BCUT2D eigenvalue weighted by atomic mass is 10.1. The number of carbonyl (C=O) groups is 1. The number of nitrogens with one attached hydrogen (secondary N) is 1. The fraction of sp³-hybridized carbons (Fsp3) is 0.174. The van der Waals surface area contributed by atoms with Gasteiger partial charge in [0.2, 0.25) is 15.9 Å². The lowest BCUT2D eigenvalue weighted by Gasteiger charge is -2.23. The molecule has 0 aliphatic rings. The summed E-state index contributed by atoms with van der Waals surface area (Å²) < 4.78 is 31.4. The third kappa shape index (κ3) is 5.84. The average molecular weight is 425 g/mol. The highest BCUT2D eigenvalue weighted by atomic mass is 32.2. The number of sulfonamides is 1. The first kappa shape index (κ1) is 21.4. The first-order valence-electron chi connectivity index (χ1n) is 9.48. The topological polar surface area (TPSA) is 75.7 Å². The monoisotopic (exact) mass is 424 g/mol. The van der Waals surface area contributed by atoms with E-state index in [2.05, 4.69) is 5.32 Å². The first-order chi connectivity index (χ1) is 14.3. The summed E-state index contributed by atoms with van der Waals surface area (Å²) in [5, 5.41) is 2.84. The molecule has 6 nitrogen and oxygen atoms in total. The molecule has 1 N–H and O–H groups in total. The number of nitrogens with zero attached hydrogens (tertiary/aromatic N) is 1. The Morgan fingerprint density at radius 3 is 2.00 bits per heavy atom. The molecule has 1 unspecified atom stereocenters. The molecule has 0 heterocycles. The van der Waals surface area contributed by atoms with E-state index < -0.39 is 10.0 Å². The summed E-state index contributed by atoms with van der Waals surface area (Å²) in [4.78, 5) is 12.5. The van der Waals surface area contributed by atoms with E-state index in [-0.39, 0.29) is 18.5 Å². The van der Waals surface area contributed by atoms with Crippen LogP contribution in [-0.2, 0) is 14.8 Å². The highest BCUT2D eigenvalue weighted by Crippen LogP contribution is 2.25. The van der Waals surface area contributed by atoms with Crippen LogP contribution in [0.2, 0.25) is 0 Å². The van der Waals surface area contributed by atoms with E-state index in [0.29, 0.717) is 17.2 Å². The Kier molecular flexibility index (Phi) is 6.74. The predicted molar refractivity (Wildman–Crippen MR) is 118 cm³/mol. The van der Waals surface area contributed by atoms with Crippen LogP contribution in [0.5, 0.6) is 11.5 Å². The number of rotatable bonds is 8. The van der Waals surface area contributed by atoms with Gasteiger partial charge in [-0.2, -0.15) is 0 Å². The lowest BCUT2D eigenvalue weighted by Crippen LogP contribution is -2.41. The molecule has 0 radical (unpaired) electrons. The third-order valence-corrected chi connectivity index (χ3v) is 5.61. The van der Waals surface area contributed by atoms with Crippen LogP contribution >= 0.6 is 0 Å². The first-order valence-corrected chi connectivity index (χ1v) is 11.3. The number of ether oxygens (including phenoxy) is 1. The van der Waals surface area contributed by atoms with Gasteiger partial charge in [-0.25, -0.2) is 8.42 Å². The Bertz CT molecular complexity index is 1070. The van der Waals surface area contributed by atoms with Crippen molar-refractivity contribution in [3.05, 3.63) is 90.5 Å². The fourth-order valence-corrected chi connectivity index (χ4v) is 3.80. The zero-order valence-corrected chi connectivity index (χ0v) is 17.7. The van der Waals surface area contributed by atoms with Gasteiger partial charge in [0.1, 0.15) is 18.0 Å². The van der Waals surface area contributed by atoms with Gasteiger partial charge >= 0.3 is 0 Å². The highest BCUT2D eigenvalue weighted by Gasteiger charge is 2.22. The molecule has 0 saturated carbocycles. The Morgan fingerprint density at radius 1 is 0.900 bits per heavy atom. The van der Waals surface area contributed by atoms with Crippen molar-refractivity contribution in [2.24, 2.45) is 0 Å². The molecule has 0 aromatic heterocycles. The minimum absolute atomic E-state index is 0.234. The maximum absolute atomic E-state index is 12.5. The summed E-state index contributed by atoms with van der Waals surface area (Å²) in [6.07, 6.45) is 1.08. The van der Waals surface area contributed by atoms with Crippen LogP contribution in [0.1, 0.15) is 18.5 Å². The number of carbonyl (C=O) groups excluding carboxylic acids is 1. The summed E-state index contributed by atoms with van der Waals surface area (Å²) in [5.41, 5.74) is 1.33. The van der Waals surface area contributed by atoms with Crippen molar-refractivity contribution in [2.45, 2.75) is 13.0 Å². The summed E-state index contributed by atoms with van der Waals surface area (Å²) >= 11 is 0. The van der Waals surface area contributed by atoms with E-state index >= 15 is 0 Å². The molecule has 0 aliphatic carbocycles. The van der Waals surface area contributed by atoms with Gasteiger partial charge in [0.05, 0.1) is 18.0 Å². The standard InChI is InChI=1S/C23H24N2O4S/c1-18(19-9-5-3-6-10-19)24-23(26)17-25(30(2,27)28)20-13-15-22(16-14-20)29-21-11-7-4-8-12-21/h3-16,18H,17H2,1-2H3,(H,24,26). The van der Waals surface area contributed by atoms with Gasteiger partial charge in [-0.3, -0.25) is 9.10 Å². The van der Waals surface area contributed by atoms with Crippen molar-refractivity contribution >= 4 is 21.6 Å². The number of amides is 1. The Labute approximate surface area is 177 Å². The van der Waals surface area contributed by atoms with E-state index in [1.54, 1.807) is 24.3 Å². The molecule has 0 bridgehead atoms. The Morgan fingerprint density at radius 2 is 1.43 bits per heavy atom. The normalized spacial score (nSPS) is 12.1. The summed E-state index contributed by atoms with van der Waals surface area (Å²) in [7, 11) is -3.65. The predicted octanol–water partition coefficient (Wildman–Crippen LogP) is 4.12. The third-order valence-electron chi connectivity index (χ3n) is 4.47. The molecule has 3 aromatic rings. The molecule has 3 aromatic carbocycles. The second-order valence-corrected chi connectivity index (χ2v) is 8.79. The van der Waals surface area contributed by atoms with Gasteiger partial charge in [-0.15, -0.1) is 0 Å². The molecular formula is C23H24N2O4S. The quantitative estimate of drug-likeness (QED) is 0.590. The van der Waals surface area contributed by atoms with Crippen molar-refractivity contribution in [1.29, 1.82) is 0 Å². The van der Waals surface area contributed by atoms with Gasteiger partial charge in [0, 0.05) is 0 Å². The molecule has 3 rings (SSSR count). The molecule has 7 heteroatoms. The van der Waals surface area contributed by atoms with Gasteiger partial charge in [0.15, 0.2) is 0 Å². The number of benzene rings is 3. The molecule has 1 amide bonds. The lowest BCUT2D eigenvalue weighted by molar-refractivity contribution is -0.120. The van der Waals surface area contributed by atoms with Crippen LogP contribution in [0.4, 0.5) is 5.69 Å². The van der Waals surface area contributed by atoms with Crippen LogP contribution in [0.15, 0.2) is 84.9 Å². The van der Waals surface area contributed by atoms with E-state index in [1.807, 2.05) is 67.6 Å². The number of hydrogen-bond acceptors (Lipinski definition) is 4. The maximum atomic E-state index is 12.5. The Hall–Kier alpha value is -3.32. The zero-order valence-electron chi connectivity index (χ0n) is 16.9. The fourth-order valence-electron chi connectivity index (χ4n) is 2.95. The number of hydrogen-bond donors (Lipinski definition) is 1. The molecule has 0 fully saturated rings. The molecule has 0 saturated heterocycles.